The summed E-state index contributed by atoms with van der Waals surface area (Å²) in [7, 11) is 0. The van der Waals surface area contributed by atoms with Crippen LogP contribution in [0.2, 0.25) is 0 Å². The molecule has 1 aromatic heterocycles. The van der Waals surface area contributed by atoms with Gasteiger partial charge in [-0.25, -0.2) is 4.79 Å². The number of esters is 1. The fourth-order valence-corrected chi connectivity index (χ4v) is 3.19. The second-order valence-electron chi connectivity index (χ2n) is 5.71. The van der Waals surface area contributed by atoms with Crippen LogP contribution in [0.1, 0.15) is 28.5 Å². The molecule has 4 rings (SSSR count). The van der Waals surface area contributed by atoms with Gasteiger partial charge in [0.15, 0.2) is 0 Å². The Balaban J connectivity index is 1.82. The van der Waals surface area contributed by atoms with Crippen LogP contribution in [0.5, 0.6) is 0 Å². The quantitative estimate of drug-likeness (QED) is 0.851. The molecule has 0 unspecified atom stereocenters. The maximum atomic E-state index is 12.4. The van der Waals surface area contributed by atoms with Crippen LogP contribution in [0.3, 0.4) is 0 Å². The lowest BCUT2D eigenvalue weighted by Crippen LogP contribution is -2.28. The monoisotopic (exact) mass is 323 g/mol. The molecule has 2 aliphatic rings. The number of H-pyrrole nitrogens is 1. The molecule has 2 aromatic rings. The van der Waals surface area contributed by atoms with Crippen LogP contribution in [0.25, 0.3) is 0 Å². The van der Waals surface area contributed by atoms with Crippen molar-refractivity contribution in [2.24, 2.45) is 0 Å². The maximum absolute atomic E-state index is 12.4. The highest BCUT2D eigenvalue weighted by atomic mass is 16.5. The zero-order chi connectivity index (χ0) is 16.7. The number of benzene rings is 1. The van der Waals surface area contributed by atoms with Crippen molar-refractivity contribution in [1.29, 1.82) is 0 Å². The molecular formula is C18H17N3O3. The number of rotatable bonds is 3. The molecule has 0 bridgehead atoms. The number of nitrogens with one attached hydrogen (secondary N) is 2. The molecule has 0 saturated carbocycles. The number of allylic oxidation sites excluding steroid dienone is 1. The van der Waals surface area contributed by atoms with Crippen molar-refractivity contribution in [2.75, 3.05) is 11.5 Å². The largest absolute Gasteiger partial charge is 0.461 e. The Morgan fingerprint density at radius 1 is 1.33 bits per heavy atom. The van der Waals surface area contributed by atoms with Crippen LogP contribution in [0.4, 0.5) is 11.4 Å². The van der Waals surface area contributed by atoms with Crippen LogP contribution in [-0.4, -0.2) is 23.5 Å². The van der Waals surface area contributed by atoms with Gasteiger partial charge < -0.3 is 19.9 Å². The van der Waals surface area contributed by atoms with Crippen molar-refractivity contribution in [1.82, 2.24) is 10.3 Å². The van der Waals surface area contributed by atoms with Gasteiger partial charge in [-0.3, -0.25) is 4.79 Å². The average molecular weight is 323 g/mol. The van der Waals surface area contributed by atoms with E-state index in [4.69, 9.17) is 4.74 Å². The number of aromatic nitrogens is 1. The molecule has 2 N–H and O–H groups in total. The summed E-state index contributed by atoms with van der Waals surface area (Å²) in [6, 6.07) is 7.60. The van der Waals surface area contributed by atoms with Gasteiger partial charge in [0.2, 0.25) is 0 Å². The van der Waals surface area contributed by atoms with Gasteiger partial charge in [0.25, 0.3) is 5.91 Å². The molecule has 0 fully saturated rings. The predicted octanol–water partition coefficient (Wildman–Crippen LogP) is 2.40. The third-order valence-corrected chi connectivity index (χ3v) is 4.31. The summed E-state index contributed by atoms with van der Waals surface area (Å²) < 4.78 is 5.20. The molecule has 1 amide bonds. The van der Waals surface area contributed by atoms with Gasteiger partial charge in [-0.05, 0) is 36.8 Å². The number of anilines is 2. The lowest BCUT2D eigenvalue weighted by atomic mass is 10.0. The Labute approximate surface area is 139 Å². The van der Waals surface area contributed by atoms with Crippen molar-refractivity contribution < 1.29 is 14.3 Å². The molecule has 24 heavy (non-hydrogen) atoms. The molecule has 0 radical (unpaired) electrons. The minimum Gasteiger partial charge on any atom is -0.461 e. The lowest BCUT2D eigenvalue weighted by Gasteiger charge is -2.29. The van der Waals surface area contributed by atoms with Gasteiger partial charge in [0.05, 0.1) is 12.3 Å². The summed E-state index contributed by atoms with van der Waals surface area (Å²) in [5.41, 5.74) is 4.79. The summed E-state index contributed by atoms with van der Waals surface area (Å²) >= 11 is 0. The van der Waals surface area contributed by atoms with Crippen molar-refractivity contribution in [3.05, 3.63) is 59.1 Å². The summed E-state index contributed by atoms with van der Waals surface area (Å²) in [6.45, 7) is 2.65. The smallest absolute Gasteiger partial charge is 0.354 e. The molecule has 122 valence electrons. The SMILES string of the molecule is CCOC(=O)C1=CCc2[nH]ccc2N1c1ccc2c(c1)C(=O)NC2. The summed E-state index contributed by atoms with van der Waals surface area (Å²) in [6.07, 6.45) is 4.34. The molecule has 3 heterocycles. The molecule has 0 spiro atoms. The van der Waals surface area contributed by atoms with Crippen LogP contribution >= 0.6 is 0 Å². The van der Waals surface area contributed by atoms with Crippen molar-refractivity contribution >= 4 is 23.3 Å². The van der Waals surface area contributed by atoms with E-state index >= 15 is 0 Å². The number of nitrogens with zero attached hydrogens (tertiary/aromatic N) is 1. The molecule has 0 saturated heterocycles. The van der Waals surface area contributed by atoms with E-state index in [0.717, 1.165) is 22.6 Å². The highest BCUT2D eigenvalue weighted by Crippen LogP contribution is 2.37. The topological polar surface area (TPSA) is 74.4 Å². The highest BCUT2D eigenvalue weighted by molar-refractivity contribution is 6.01. The van der Waals surface area contributed by atoms with E-state index in [1.54, 1.807) is 6.92 Å². The Morgan fingerprint density at radius 2 is 2.21 bits per heavy atom. The molecule has 2 aliphatic heterocycles. The van der Waals surface area contributed by atoms with Gasteiger partial charge in [-0.2, -0.15) is 0 Å². The van der Waals surface area contributed by atoms with Gasteiger partial charge in [-0.15, -0.1) is 0 Å². The maximum Gasteiger partial charge on any atom is 0.354 e. The number of aromatic amines is 1. The van der Waals surface area contributed by atoms with Crippen LogP contribution in [0.15, 0.2) is 42.2 Å². The fraction of sp³-hybridized carbons (Fsp3) is 0.222. The normalized spacial score (nSPS) is 15.5. The first-order chi connectivity index (χ1) is 11.7. The number of hydrogen-bond acceptors (Lipinski definition) is 4. The van der Waals surface area contributed by atoms with E-state index in [0.29, 0.717) is 30.8 Å². The predicted molar refractivity (Wildman–Crippen MR) is 89.0 cm³/mol. The number of ether oxygens (including phenoxy) is 1. The van der Waals surface area contributed by atoms with Crippen molar-refractivity contribution in [3.63, 3.8) is 0 Å². The van der Waals surface area contributed by atoms with E-state index < -0.39 is 0 Å². The third-order valence-electron chi connectivity index (χ3n) is 4.31. The number of fused-ring (bicyclic) bond motifs is 2. The van der Waals surface area contributed by atoms with E-state index in [1.807, 2.05) is 41.4 Å². The van der Waals surface area contributed by atoms with E-state index in [-0.39, 0.29) is 11.9 Å². The molecule has 0 atom stereocenters. The van der Waals surface area contributed by atoms with Crippen LogP contribution in [-0.2, 0) is 22.5 Å². The average Bonchev–Trinajstić information content (AvgIpc) is 3.21. The molecule has 6 heteroatoms. The zero-order valence-corrected chi connectivity index (χ0v) is 13.3. The molecular weight excluding hydrogens is 306 g/mol. The van der Waals surface area contributed by atoms with Gasteiger partial charge in [0.1, 0.15) is 5.70 Å². The number of carbonyl (C=O) groups excluding carboxylic acids is 2. The fourth-order valence-electron chi connectivity index (χ4n) is 3.19. The van der Waals surface area contributed by atoms with E-state index in [2.05, 4.69) is 10.3 Å². The van der Waals surface area contributed by atoms with Crippen molar-refractivity contribution in [2.45, 2.75) is 19.9 Å². The third kappa shape index (κ3) is 2.19. The highest BCUT2D eigenvalue weighted by Gasteiger charge is 2.29. The number of amides is 1. The molecule has 6 nitrogen and oxygen atoms in total. The number of hydrogen-bond donors (Lipinski definition) is 2. The molecule has 0 aliphatic carbocycles. The summed E-state index contributed by atoms with van der Waals surface area (Å²) in [5, 5.41) is 2.81. The Hall–Kier alpha value is -3.02. The number of carbonyl (C=O) groups is 2. The van der Waals surface area contributed by atoms with E-state index in [9.17, 15) is 9.59 Å². The Morgan fingerprint density at radius 3 is 3.04 bits per heavy atom. The Kier molecular flexibility index (Phi) is 3.37. The zero-order valence-electron chi connectivity index (χ0n) is 13.3. The second-order valence-corrected chi connectivity index (χ2v) is 5.71. The van der Waals surface area contributed by atoms with Gasteiger partial charge in [0, 0.05) is 36.1 Å². The molecule has 1 aromatic carbocycles. The minimum absolute atomic E-state index is 0.0835. The summed E-state index contributed by atoms with van der Waals surface area (Å²) in [5.74, 6) is -0.450. The lowest BCUT2D eigenvalue weighted by molar-refractivity contribution is -0.138. The Bertz CT molecular complexity index is 866. The first-order valence-electron chi connectivity index (χ1n) is 7.94. The van der Waals surface area contributed by atoms with Gasteiger partial charge >= 0.3 is 5.97 Å². The van der Waals surface area contributed by atoms with E-state index in [1.165, 1.54) is 0 Å². The van der Waals surface area contributed by atoms with Crippen LogP contribution in [0, 0.1) is 0 Å². The summed E-state index contributed by atoms with van der Waals surface area (Å²) in [4.78, 5) is 29.4. The minimum atomic E-state index is -0.366. The first kappa shape index (κ1) is 14.6. The van der Waals surface area contributed by atoms with Gasteiger partial charge in [-0.1, -0.05) is 6.07 Å². The first-order valence-corrected chi connectivity index (χ1v) is 7.94. The second kappa shape index (κ2) is 5.56. The van der Waals surface area contributed by atoms with Crippen LogP contribution < -0.4 is 10.2 Å². The van der Waals surface area contributed by atoms with Crippen molar-refractivity contribution in [3.8, 4) is 0 Å². The standard InChI is InChI=1S/C18H17N3O3/c1-2-24-18(23)16-6-5-14-15(7-8-19-14)21(16)12-4-3-11-10-20-17(22)13(11)9-12/h3-4,6-9,19H,2,5,10H2,1H3,(H,20,22).